The molecule has 0 aliphatic heterocycles. The van der Waals surface area contributed by atoms with Gasteiger partial charge in [0.25, 0.3) is 0 Å². The number of nitrogens with zero attached hydrogens (tertiary/aromatic N) is 3. The lowest BCUT2D eigenvalue weighted by Gasteiger charge is -2.10. The molecule has 0 aliphatic rings. The monoisotopic (exact) mass is 318 g/mol. The Morgan fingerprint density at radius 3 is 2.17 bits per heavy atom. The van der Waals surface area contributed by atoms with Crippen LogP contribution in [0.4, 0.5) is 5.69 Å². The number of aryl methyl sites for hydroxylation is 3. The molecule has 1 heterocycles. The van der Waals surface area contributed by atoms with Crippen molar-refractivity contribution in [2.75, 3.05) is 0 Å². The van der Waals surface area contributed by atoms with Gasteiger partial charge in [-0.3, -0.25) is 0 Å². The van der Waals surface area contributed by atoms with Gasteiger partial charge in [0.2, 0.25) is 12.2 Å². The minimum absolute atomic E-state index is 0.951. The summed E-state index contributed by atoms with van der Waals surface area (Å²) in [7, 11) is 2.02. The van der Waals surface area contributed by atoms with E-state index in [4.69, 9.17) is 4.99 Å². The number of hydrogen-bond acceptors (Lipinski definition) is 1. The van der Waals surface area contributed by atoms with Crippen LogP contribution in [0.25, 0.3) is 0 Å². The van der Waals surface area contributed by atoms with E-state index < -0.39 is 0 Å². The maximum absolute atomic E-state index is 5.12. The predicted octanol–water partition coefficient (Wildman–Crippen LogP) is 4.06. The number of aromatic nitrogens is 2. The average molecular weight is 318 g/mol. The summed E-state index contributed by atoms with van der Waals surface area (Å²) in [6.07, 6.45) is 8.09. The standard InChI is InChI=1S/C21H24N3/c1-4-17-12-9-13-18(5-2)20(17)22-21(19-10-7-6-8-11-19)24-15-14-23(3)16-24/h6-16H,4-5H2,1-3H3/q+1. The average Bonchev–Trinajstić information content (AvgIpc) is 3.06. The minimum Gasteiger partial charge on any atom is -0.239 e. The van der Waals surface area contributed by atoms with Gasteiger partial charge in [-0.15, -0.1) is 0 Å². The molecule has 0 N–H and O–H groups in total. The second kappa shape index (κ2) is 7.26. The highest BCUT2D eigenvalue weighted by molar-refractivity contribution is 6.02. The van der Waals surface area contributed by atoms with Crippen LogP contribution < -0.4 is 4.57 Å². The first-order valence-corrected chi connectivity index (χ1v) is 8.51. The molecule has 24 heavy (non-hydrogen) atoms. The van der Waals surface area contributed by atoms with Gasteiger partial charge in [-0.2, -0.15) is 4.57 Å². The summed E-state index contributed by atoms with van der Waals surface area (Å²) in [5.41, 5.74) is 4.80. The minimum atomic E-state index is 0.951. The summed E-state index contributed by atoms with van der Waals surface area (Å²) in [5.74, 6) is 0.951. The van der Waals surface area contributed by atoms with Crippen LogP contribution in [0.5, 0.6) is 0 Å². The van der Waals surface area contributed by atoms with Gasteiger partial charge in [-0.1, -0.05) is 50.2 Å². The van der Waals surface area contributed by atoms with Crippen LogP contribution >= 0.6 is 0 Å². The first-order valence-electron chi connectivity index (χ1n) is 8.51. The topological polar surface area (TPSA) is 21.2 Å². The molecule has 3 heteroatoms. The molecule has 1 aromatic heterocycles. The smallest absolute Gasteiger partial charge is 0.239 e. The van der Waals surface area contributed by atoms with Crippen molar-refractivity contribution in [3.8, 4) is 0 Å². The Labute approximate surface area is 143 Å². The van der Waals surface area contributed by atoms with Crippen LogP contribution in [0.1, 0.15) is 30.5 Å². The second-order valence-corrected chi connectivity index (χ2v) is 5.92. The molecule has 0 fully saturated rings. The maximum atomic E-state index is 5.12. The summed E-state index contributed by atoms with van der Waals surface area (Å²) in [6.45, 7) is 4.37. The van der Waals surface area contributed by atoms with Gasteiger partial charge < -0.3 is 0 Å². The van der Waals surface area contributed by atoms with E-state index in [1.54, 1.807) is 0 Å². The molecular formula is C21H24N3+. The molecule has 3 rings (SSSR count). The van der Waals surface area contributed by atoms with E-state index >= 15 is 0 Å². The first-order chi connectivity index (χ1) is 11.7. The van der Waals surface area contributed by atoms with E-state index in [9.17, 15) is 0 Å². The van der Waals surface area contributed by atoms with Crippen molar-refractivity contribution in [2.45, 2.75) is 26.7 Å². The van der Waals surface area contributed by atoms with Gasteiger partial charge >= 0.3 is 0 Å². The number of hydrogen-bond donors (Lipinski definition) is 0. The van der Waals surface area contributed by atoms with Crippen molar-refractivity contribution in [3.05, 3.63) is 83.9 Å². The summed E-state index contributed by atoms with van der Waals surface area (Å²) in [4.78, 5) is 5.12. The molecule has 0 aliphatic carbocycles. The van der Waals surface area contributed by atoms with E-state index in [1.165, 1.54) is 11.1 Å². The van der Waals surface area contributed by atoms with Gasteiger partial charge in [-0.25, -0.2) is 9.56 Å². The van der Waals surface area contributed by atoms with Crippen molar-refractivity contribution >= 4 is 11.5 Å². The second-order valence-electron chi connectivity index (χ2n) is 5.92. The summed E-state index contributed by atoms with van der Waals surface area (Å²) in [6, 6.07) is 16.9. The molecule has 0 atom stereocenters. The number of rotatable bonds is 4. The Bertz CT molecular complexity index is 822. The zero-order valence-corrected chi connectivity index (χ0v) is 14.6. The Hall–Kier alpha value is -2.68. The molecule has 0 radical (unpaired) electrons. The molecule has 0 bridgehead atoms. The number of benzene rings is 2. The zero-order chi connectivity index (χ0) is 16.9. The van der Waals surface area contributed by atoms with Gasteiger partial charge in [0.05, 0.1) is 12.7 Å². The molecule has 122 valence electrons. The van der Waals surface area contributed by atoms with Crippen molar-refractivity contribution in [2.24, 2.45) is 12.0 Å². The van der Waals surface area contributed by atoms with Crippen LogP contribution in [0.2, 0.25) is 0 Å². The molecule has 2 aromatic carbocycles. The Morgan fingerprint density at radius 2 is 1.62 bits per heavy atom. The van der Waals surface area contributed by atoms with E-state index in [2.05, 4.69) is 60.9 Å². The summed E-state index contributed by atoms with van der Waals surface area (Å²) in [5, 5.41) is 0. The predicted molar refractivity (Wildman–Crippen MR) is 98.8 cm³/mol. The molecule has 0 amide bonds. The van der Waals surface area contributed by atoms with Crippen LogP contribution in [0, 0.1) is 0 Å². The highest BCUT2D eigenvalue weighted by atomic mass is 15.1. The normalized spacial score (nSPS) is 11.7. The molecule has 3 nitrogen and oxygen atoms in total. The van der Waals surface area contributed by atoms with Gasteiger partial charge in [-0.05, 0) is 36.1 Å². The van der Waals surface area contributed by atoms with Crippen molar-refractivity contribution in [1.82, 2.24) is 4.57 Å². The van der Waals surface area contributed by atoms with Gasteiger partial charge in [0, 0.05) is 5.56 Å². The van der Waals surface area contributed by atoms with Crippen LogP contribution in [0.15, 0.2) is 72.2 Å². The third kappa shape index (κ3) is 3.30. The quantitative estimate of drug-likeness (QED) is 0.393. The van der Waals surface area contributed by atoms with Gasteiger partial charge in [0.1, 0.15) is 12.4 Å². The Morgan fingerprint density at radius 1 is 0.958 bits per heavy atom. The first kappa shape index (κ1) is 16.2. The lowest BCUT2D eigenvalue weighted by molar-refractivity contribution is -0.670. The zero-order valence-electron chi connectivity index (χ0n) is 14.6. The lowest BCUT2D eigenvalue weighted by atomic mass is 10.0. The Balaban J connectivity index is 2.22. The fraction of sp³-hybridized carbons (Fsp3) is 0.238. The van der Waals surface area contributed by atoms with Gasteiger partial charge in [0.15, 0.2) is 0 Å². The summed E-state index contributed by atoms with van der Waals surface area (Å²) >= 11 is 0. The largest absolute Gasteiger partial charge is 0.250 e. The highest BCUT2D eigenvalue weighted by Gasteiger charge is 2.15. The summed E-state index contributed by atoms with van der Waals surface area (Å²) < 4.78 is 4.12. The molecule has 0 saturated heterocycles. The molecular weight excluding hydrogens is 294 g/mol. The highest BCUT2D eigenvalue weighted by Crippen LogP contribution is 2.27. The molecule has 0 saturated carbocycles. The van der Waals surface area contributed by atoms with E-state index in [0.717, 1.165) is 29.9 Å². The van der Waals surface area contributed by atoms with Crippen molar-refractivity contribution in [3.63, 3.8) is 0 Å². The molecule has 0 unspecified atom stereocenters. The van der Waals surface area contributed by atoms with E-state index in [1.807, 2.05) is 36.4 Å². The number of para-hydroxylation sites is 1. The fourth-order valence-electron chi connectivity index (χ4n) is 2.90. The van der Waals surface area contributed by atoms with Crippen LogP contribution in [0.3, 0.4) is 0 Å². The van der Waals surface area contributed by atoms with Crippen LogP contribution in [-0.4, -0.2) is 10.4 Å². The number of imidazole rings is 1. The molecule has 0 spiro atoms. The van der Waals surface area contributed by atoms with E-state index in [-0.39, 0.29) is 0 Å². The number of aliphatic imine (C=N–C) groups is 1. The third-order valence-electron chi connectivity index (χ3n) is 4.23. The maximum Gasteiger partial charge on any atom is 0.250 e. The molecule has 3 aromatic rings. The van der Waals surface area contributed by atoms with E-state index in [0.29, 0.717) is 0 Å². The lowest BCUT2D eigenvalue weighted by Crippen LogP contribution is -2.25. The van der Waals surface area contributed by atoms with Crippen molar-refractivity contribution in [1.29, 1.82) is 0 Å². The third-order valence-corrected chi connectivity index (χ3v) is 4.23. The van der Waals surface area contributed by atoms with Crippen molar-refractivity contribution < 1.29 is 4.57 Å². The SMILES string of the molecule is CCc1cccc(CC)c1N=C(c1ccccc1)n1cc[n+](C)c1. The van der Waals surface area contributed by atoms with Crippen LogP contribution in [-0.2, 0) is 19.9 Å². The fourth-order valence-corrected chi connectivity index (χ4v) is 2.90. The Kier molecular flexibility index (Phi) is 4.90.